The highest BCUT2D eigenvalue weighted by Gasteiger charge is 2.57. The summed E-state index contributed by atoms with van der Waals surface area (Å²) in [5.41, 5.74) is 11.9. The summed E-state index contributed by atoms with van der Waals surface area (Å²) in [5.74, 6) is 1.85. The van der Waals surface area contributed by atoms with Gasteiger partial charge >= 0.3 is 0 Å². The van der Waals surface area contributed by atoms with E-state index in [9.17, 15) is 9.90 Å². The molecule has 4 fully saturated rings. The number of nitrogens with two attached hydrogens (primary N) is 1. The lowest BCUT2D eigenvalue weighted by atomic mass is 9.45. The maximum absolute atomic E-state index is 14.1. The Morgan fingerprint density at radius 2 is 2.00 bits per heavy atom. The van der Waals surface area contributed by atoms with Crippen molar-refractivity contribution in [1.82, 2.24) is 10.4 Å². The number of para-hydroxylation sites is 1. The fourth-order valence-corrected chi connectivity index (χ4v) is 8.40. The van der Waals surface area contributed by atoms with Gasteiger partial charge in [0.15, 0.2) is 0 Å². The molecule has 44 heavy (non-hydrogen) atoms. The number of ether oxygens (including phenoxy) is 1. The van der Waals surface area contributed by atoms with Crippen molar-refractivity contribution in [2.24, 2.45) is 34.8 Å². The number of carbonyl (C=O) groups is 1. The van der Waals surface area contributed by atoms with Crippen LogP contribution in [0.5, 0.6) is 5.75 Å². The molecular formula is C36H54N4O4. The second-order valence-corrected chi connectivity index (χ2v) is 14.3. The van der Waals surface area contributed by atoms with Gasteiger partial charge in [-0.15, -0.1) is 0 Å². The minimum atomic E-state index is -0.764. The molecule has 0 unspecified atom stereocenters. The summed E-state index contributed by atoms with van der Waals surface area (Å²) in [7, 11) is 5.81. The molecule has 2 aromatic rings. The number of hydrogen-bond acceptors (Lipinski definition) is 7. The number of nitrogens with one attached hydrogen (secondary N) is 1. The van der Waals surface area contributed by atoms with E-state index in [-0.39, 0.29) is 18.5 Å². The first-order valence-corrected chi connectivity index (χ1v) is 16.5. The molecule has 2 bridgehead atoms. The topological polar surface area (TPSA) is 100 Å². The SMILES string of the molecule is CCCc1cc(-c2cccc(CN3O[C@@H](CN)[C@@H]([C@H](C)O)[C@H]3C(=O)N[C@H]3C[C@@H]4C[C@H]([C@@H]3C)C4(C)C)c2OC)cc(N(C)C)c1. The Hall–Kier alpha value is -2.65. The monoisotopic (exact) mass is 606 g/mol. The second kappa shape index (κ2) is 13.0. The van der Waals surface area contributed by atoms with Crippen molar-refractivity contribution < 1.29 is 19.5 Å². The molecule has 8 nitrogen and oxygen atoms in total. The van der Waals surface area contributed by atoms with E-state index in [1.54, 1.807) is 19.1 Å². The first kappa shape index (κ1) is 32.7. The van der Waals surface area contributed by atoms with Crippen molar-refractivity contribution in [3.8, 4) is 16.9 Å². The number of rotatable bonds is 11. The summed E-state index contributed by atoms with van der Waals surface area (Å²) >= 11 is 0. The highest BCUT2D eigenvalue weighted by molar-refractivity contribution is 5.83. The molecule has 242 valence electrons. The van der Waals surface area contributed by atoms with Crippen LogP contribution in [0.2, 0.25) is 0 Å². The van der Waals surface area contributed by atoms with Gasteiger partial charge in [0, 0.05) is 49.4 Å². The summed E-state index contributed by atoms with van der Waals surface area (Å²) in [4.78, 5) is 22.6. The third kappa shape index (κ3) is 5.98. The normalized spacial score (nSPS) is 30.0. The van der Waals surface area contributed by atoms with Gasteiger partial charge in [-0.1, -0.05) is 58.4 Å². The number of anilines is 1. The Labute approximate surface area is 264 Å². The summed E-state index contributed by atoms with van der Waals surface area (Å²) in [5, 5.41) is 16.0. The summed E-state index contributed by atoms with van der Waals surface area (Å²) < 4.78 is 6.07. The molecule has 4 aliphatic rings. The van der Waals surface area contributed by atoms with E-state index in [0.29, 0.717) is 29.7 Å². The number of aliphatic hydroxyl groups excluding tert-OH is 1. The quantitative estimate of drug-likeness (QED) is 0.331. The predicted molar refractivity (Wildman–Crippen MR) is 176 cm³/mol. The van der Waals surface area contributed by atoms with Crippen molar-refractivity contribution in [1.29, 1.82) is 0 Å². The molecule has 6 rings (SSSR count). The Morgan fingerprint density at radius 1 is 1.25 bits per heavy atom. The van der Waals surface area contributed by atoms with Gasteiger partial charge in [-0.05, 0) is 72.6 Å². The smallest absolute Gasteiger partial charge is 0.240 e. The van der Waals surface area contributed by atoms with Crippen molar-refractivity contribution in [3.05, 3.63) is 47.5 Å². The molecular weight excluding hydrogens is 552 g/mol. The number of hydrogen-bond donors (Lipinski definition) is 3. The average Bonchev–Trinajstić information content (AvgIpc) is 3.36. The van der Waals surface area contributed by atoms with Crippen LogP contribution in [0.3, 0.4) is 0 Å². The van der Waals surface area contributed by atoms with E-state index in [2.05, 4.69) is 76.3 Å². The lowest BCUT2D eigenvalue weighted by molar-refractivity contribution is -0.175. The lowest BCUT2D eigenvalue weighted by Gasteiger charge is -2.62. The number of hydroxylamine groups is 2. The van der Waals surface area contributed by atoms with Gasteiger partial charge in [0.05, 0.1) is 25.9 Å². The molecule has 0 aromatic heterocycles. The maximum atomic E-state index is 14.1. The number of nitrogens with zero attached hydrogens (tertiary/aromatic N) is 2. The Morgan fingerprint density at radius 3 is 2.59 bits per heavy atom. The molecule has 1 saturated heterocycles. The van der Waals surface area contributed by atoms with E-state index in [0.717, 1.165) is 47.4 Å². The number of benzene rings is 2. The molecule has 3 saturated carbocycles. The molecule has 2 aromatic carbocycles. The van der Waals surface area contributed by atoms with Crippen LogP contribution in [-0.2, 0) is 22.6 Å². The lowest BCUT2D eigenvalue weighted by Crippen LogP contribution is -2.62. The van der Waals surface area contributed by atoms with Crippen LogP contribution in [0.1, 0.15) is 65.0 Å². The Bertz CT molecular complexity index is 1330. The molecule has 1 heterocycles. The zero-order chi connectivity index (χ0) is 31.9. The number of methoxy groups -OCH3 is 1. The Kier molecular flexibility index (Phi) is 9.66. The highest BCUT2D eigenvalue weighted by Crippen LogP contribution is 2.61. The van der Waals surface area contributed by atoms with Gasteiger partial charge < -0.3 is 25.8 Å². The number of aryl methyl sites for hydroxylation is 1. The number of fused-ring (bicyclic) bond motifs is 2. The third-order valence-electron chi connectivity index (χ3n) is 11.1. The first-order valence-electron chi connectivity index (χ1n) is 16.5. The van der Waals surface area contributed by atoms with Crippen LogP contribution in [0, 0.1) is 29.1 Å². The van der Waals surface area contributed by atoms with Crippen molar-refractivity contribution in [2.75, 3.05) is 32.6 Å². The van der Waals surface area contributed by atoms with E-state index in [1.165, 1.54) is 12.0 Å². The molecule has 8 heteroatoms. The predicted octanol–water partition coefficient (Wildman–Crippen LogP) is 5.01. The molecule has 0 radical (unpaired) electrons. The highest BCUT2D eigenvalue weighted by atomic mass is 16.7. The zero-order valence-electron chi connectivity index (χ0n) is 28.0. The fourth-order valence-electron chi connectivity index (χ4n) is 8.40. The first-order chi connectivity index (χ1) is 20.9. The summed E-state index contributed by atoms with van der Waals surface area (Å²) in [6, 6.07) is 12.3. The summed E-state index contributed by atoms with van der Waals surface area (Å²) in [6.07, 6.45) is 3.07. The molecule has 8 atom stereocenters. The third-order valence-corrected chi connectivity index (χ3v) is 11.1. The van der Waals surface area contributed by atoms with Gasteiger partial charge in [0.2, 0.25) is 5.91 Å². The largest absolute Gasteiger partial charge is 0.496 e. The second-order valence-electron chi connectivity index (χ2n) is 14.3. The van der Waals surface area contributed by atoms with Crippen LogP contribution >= 0.6 is 0 Å². The number of carbonyl (C=O) groups excluding carboxylic acids is 1. The minimum absolute atomic E-state index is 0.0965. The van der Waals surface area contributed by atoms with Gasteiger partial charge in [-0.3, -0.25) is 9.63 Å². The van der Waals surface area contributed by atoms with Gasteiger partial charge in [0.25, 0.3) is 0 Å². The maximum Gasteiger partial charge on any atom is 0.240 e. The number of aliphatic hydroxyl groups is 1. The number of amides is 1. The van der Waals surface area contributed by atoms with E-state index >= 15 is 0 Å². The molecule has 4 N–H and O–H groups in total. The summed E-state index contributed by atoms with van der Waals surface area (Å²) in [6.45, 7) is 11.5. The van der Waals surface area contributed by atoms with Crippen LogP contribution in [-0.4, -0.2) is 68.1 Å². The van der Waals surface area contributed by atoms with Crippen molar-refractivity contribution in [3.63, 3.8) is 0 Å². The molecule has 3 aliphatic carbocycles. The van der Waals surface area contributed by atoms with Gasteiger partial charge in [0.1, 0.15) is 11.8 Å². The van der Waals surface area contributed by atoms with Crippen LogP contribution in [0.4, 0.5) is 5.69 Å². The van der Waals surface area contributed by atoms with Crippen LogP contribution in [0.15, 0.2) is 36.4 Å². The minimum Gasteiger partial charge on any atom is -0.496 e. The van der Waals surface area contributed by atoms with Gasteiger partial charge in [-0.2, -0.15) is 5.06 Å². The van der Waals surface area contributed by atoms with Crippen LogP contribution < -0.4 is 20.7 Å². The van der Waals surface area contributed by atoms with Crippen molar-refractivity contribution in [2.45, 2.75) is 91.1 Å². The van der Waals surface area contributed by atoms with E-state index in [4.69, 9.17) is 15.3 Å². The molecule has 1 aliphatic heterocycles. The van der Waals surface area contributed by atoms with Gasteiger partial charge in [-0.25, -0.2) is 0 Å². The molecule has 1 amide bonds. The van der Waals surface area contributed by atoms with Crippen LogP contribution in [0.25, 0.3) is 11.1 Å². The fraction of sp³-hybridized carbons (Fsp3) is 0.639. The van der Waals surface area contributed by atoms with Crippen molar-refractivity contribution >= 4 is 11.6 Å². The standard InChI is InChI=1S/C36H54N4O4/c1-9-11-23-14-25(16-27(15-23)39(6)7)28-13-10-12-24(34(28)43-8)20-40-33(32(22(3)41)31(19-37)44-40)35(42)38-30-18-26-17-29(21(30)2)36(26,4)5/h10,12-16,21-22,26,29-33,41H,9,11,17-20,37H2,1-8H3,(H,38,42)/t21-,22-,26-,29+,30-,31-,32+,33-/m0/s1. The van der Waals surface area contributed by atoms with E-state index < -0.39 is 24.2 Å². The zero-order valence-corrected chi connectivity index (χ0v) is 28.0. The Balaban J connectivity index is 1.45. The van der Waals surface area contributed by atoms with E-state index in [1.807, 2.05) is 12.1 Å². The molecule has 0 spiro atoms. The average molecular weight is 607 g/mol.